The molecule has 1 aromatic carbocycles. The number of methoxy groups -OCH3 is 1. The van der Waals surface area contributed by atoms with Gasteiger partial charge in [0.15, 0.2) is 5.69 Å². The van der Waals surface area contributed by atoms with E-state index in [2.05, 4.69) is 20.3 Å². The summed E-state index contributed by atoms with van der Waals surface area (Å²) in [5.74, 6) is 1.20. The van der Waals surface area contributed by atoms with Crippen LogP contribution < -0.4 is 4.74 Å². The average Bonchev–Trinajstić information content (AvgIpc) is 2.99. The van der Waals surface area contributed by atoms with Crippen molar-refractivity contribution in [3.63, 3.8) is 0 Å². The smallest absolute Gasteiger partial charge is 0.256 e. The molecule has 0 spiro atoms. The average molecular weight is 431 g/mol. The number of alkyl halides is 1. The van der Waals surface area contributed by atoms with Crippen molar-refractivity contribution in [2.45, 2.75) is 38.1 Å². The summed E-state index contributed by atoms with van der Waals surface area (Å²) in [7, 11) is 6.40. The van der Waals surface area contributed by atoms with Gasteiger partial charge in [-0.1, -0.05) is 21.4 Å². The molecule has 3 aromatic rings. The van der Waals surface area contributed by atoms with Crippen LogP contribution in [0.4, 0.5) is 4.39 Å². The molecule has 29 heavy (non-hydrogen) atoms. The number of ether oxygens (including phenoxy) is 2. The van der Waals surface area contributed by atoms with Crippen molar-refractivity contribution >= 4 is 24.0 Å². The van der Waals surface area contributed by atoms with E-state index in [-0.39, 0.29) is 5.16 Å². The number of hydrogen-bond acceptors (Lipinski definition) is 4. The zero-order valence-electron chi connectivity index (χ0n) is 16.9. The van der Waals surface area contributed by atoms with Crippen molar-refractivity contribution < 1.29 is 13.9 Å². The first-order valence-electron chi connectivity index (χ1n) is 9.04. The van der Waals surface area contributed by atoms with Crippen LogP contribution in [-0.4, -0.2) is 22.1 Å². The molecule has 2 heterocycles. The Bertz CT molecular complexity index is 1090. The molecule has 0 saturated carbocycles. The Balaban J connectivity index is 2.16. The van der Waals surface area contributed by atoms with Gasteiger partial charge in [-0.15, -0.1) is 9.24 Å². The van der Waals surface area contributed by atoms with E-state index < -0.39 is 5.60 Å². The second-order valence-electron chi connectivity index (χ2n) is 7.63. The predicted octanol–water partition coefficient (Wildman–Crippen LogP) is 5.03. The number of hydrogen-bond donors (Lipinski definition) is 0. The maximum Gasteiger partial charge on any atom is 0.256 e. The Labute approximate surface area is 174 Å². The monoisotopic (exact) mass is 431 g/mol. The molecule has 3 unspecified atom stereocenters. The Morgan fingerprint density at radius 3 is 2.52 bits per heavy atom. The molecule has 8 heteroatoms. The van der Waals surface area contributed by atoms with Crippen molar-refractivity contribution in [3.8, 4) is 22.9 Å². The van der Waals surface area contributed by atoms with Crippen molar-refractivity contribution in [3.05, 3.63) is 53.6 Å². The van der Waals surface area contributed by atoms with E-state index in [0.29, 0.717) is 18.1 Å². The normalized spacial score (nSPS) is 13.9. The van der Waals surface area contributed by atoms with E-state index in [1.54, 1.807) is 19.2 Å². The highest BCUT2D eigenvalue weighted by molar-refractivity contribution is 7.18. The van der Waals surface area contributed by atoms with Gasteiger partial charge in [-0.05, 0) is 48.7 Å². The molecule has 0 N–H and O–H groups in total. The first-order chi connectivity index (χ1) is 13.5. The van der Waals surface area contributed by atoms with Gasteiger partial charge in [0.2, 0.25) is 0 Å². The summed E-state index contributed by atoms with van der Waals surface area (Å²) >= 11 is 0. The van der Waals surface area contributed by atoms with Gasteiger partial charge in [0, 0.05) is 25.4 Å². The van der Waals surface area contributed by atoms with Crippen molar-refractivity contribution in [2.24, 2.45) is 0 Å². The Morgan fingerprint density at radius 2 is 1.93 bits per heavy atom. The number of aromatic nitrogens is 2. The molecule has 0 bridgehead atoms. The van der Waals surface area contributed by atoms with Crippen LogP contribution in [0.3, 0.4) is 0 Å². The lowest BCUT2D eigenvalue weighted by atomic mass is 10.0. The number of halogens is 1. The molecule has 0 aliphatic heterocycles. The highest BCUT2D eigenvalue weighted by Gasteiger charge is 2.23. The van der Waals surface area contributed by atoms with Crippen LogP contribution in [0.15, 0.2) is 36.5 Å². The number of fused-ring (bicyclic) bond motifs is 1. The minimum atomic E-state index is -1.85. The van der Waals surface area contributed by atoms with Crippen LogP contribution in [0.25, 0.3) is 16.6 Å². The Morgan fingerprint density at radius 1 is 1.21 bits per heavy atom. The van der Waals surface area contributed by atoms with E-state index in [4.69, 9.17) is 9.47 Å². The molecule has 2 aromatic heterocycles. The molecule has 5 nitrogen and oxygen atoms in total. The van der Waals surface area contributed by atoms with Crippen molar-refractivity contribution in [2.75, 3.05) is 7.11 Å². The van der Waals surface area contributed by atoms with Gasteiger partial charge < -0.3 is 13.9 Å². The highest BCUT2D eigenvalue weighted by atomic mass is 31.0. The van der Waals surface area contributed by atoms with Crippen molar-refractivity contribution in [1.29, 1.82) is 5.26 Å². The maximum absolute atomic E-state index is 13.9. The summed E-state index contributed by atoms with van der Waals surface area (Å²) in [5, 5.41) is 9.13. The number of imidazole rings is 1. The van der Waals surface area contributed by atoms with Gasteiger partial charge in [-0.3, -0.25) is 0 Å². The van der Waals surface area contributed by atoms with E-state index in [1.807, 2.05) is 51.9 Å². The molecule has 0 saturated heterocycles. The molecule has 0 aliphatic carbocycles. The molecule has 152 valence electrons. The number of pyridine rings is 1. The zero-order chi connectivity index (χ0) is 21.4. The fourth-order valence-electron chi connectivity index (χ4n) is 3.20. The van der Waals surface area contributed by atoms with Gasteiger partial charge in [0.05, 0.1) is 12.1 Å². The number of nitrogens with zero attached hydrogens (tertiary/aromatic N) is 3. The van der Waals surface area contributed by atoms with Crippen LogP contribution in [0.2, 0.25) is 0 Å². The van der Waals surface area contributed by atoms with E-state index in [9.17, 15) is 9.65 Å². The second kappa shape index (κ2) is 8.00. The van der Waals surface area contributed by atoms with Gasteiger partial charge in [-0.25, -0.2) is 4.98 Å². The fraction of sp³-hybridized carbons (Fsp3) is 0.333. The molecule has 3 atom stereocenters. The lowest BCUT2D eigenvalue weighted by Gasteiger charge is -2.19. The number of benzene rings is 1. The quantitative estimate of drug-likeness (QED) is 0.514. The van der Waals surface area contributed by atoms with E-state index in [0.717, 1.165) is 28.0 Å². The largest absolute Gasteiger partial charge is 0.455 e. The summed E-state index contributed by atoms with van der Waals surface area (Å²) in [4.78, 5) is 4.52. The van der Waals surface area contributed by atoms with E-state index >= 15 is 0 Å². The van der Waals surface area contributed by atoms with Crippen molar-refractivity contribution in [1.82, 2.24) is 9.38 Å². The maximum atomic E-state index is 13.9. The molecule has 0 amide bonds. The SMILES string of the molecule is COCc1cc(OC(C)(F)P)ccc1-c1ccc2c(C#N)nc(C(C)(C)P)n2c1. The van der Waals surface area contributed by atoms with Gasteiger partial charge in [-0.2, -0.15) is 9.65 Å². The van der Waals surface area contributed by atoms with Gasteiger partial charge in [0.1, 0.15) is 17.6 Å². The third-order valence-electron chi connectivity index (χ3n) is 4.32. The van der Waals surface area contributed by atoms with Crippen LogP contribution in [-0.2, 0) is 16.5 Å². The summed E-state index contributed by atoms with van der Waals surface area (Å²) in [6.07, 6.45) is 1.97. The topological polar surface area (TPSA) is 59.5 Å². The molecular formula is C21H24FN3O2P2. The summed E-state index contributed by atoms with van der Waals surface area (Å²) in [6.45, 7) is 5.73. The fourth-order valence-corrected chi connectivity index (χ4v) is 3.54. The summed E-state index contributed by atoms with van der Waals surface area (Å²) in [6, 6.07) is 11.4. The standard InChI is InChI=1S/C21H24FN3O2P2/c1-20(2,28)19-24-17(10-23)18-8-5-13(11-25(18)19)16-7-6-15(27-21(3,22)29)9-14(16)12-26-4/h5-9,11H,12,28-29H2,1-4H3. The molecule has 0 fully saturated rings. The first kappa shape index (κ1) is 21.7. The second-order valence-corrected chi connectivity index (χ2v) is 10.1. The van der Waals surface area contributed by atoms with E-state index in [1.165, 1.54) is 6.92 Å². The third kappa shape index (κ3) is 4.75. The molecule has 3 rings (SSSR count). The molecule has 0 aliphatic rings. The minimum absolute atomic E-state index is 0.311. The van der Waals surface area contributed by atoms with Crippen LogP contribution in [0.1, 0.15) is 37.9 Å². The summed E-state index contributed by atoms with van der Waals surface area (Å²) in [5.41, 5.74) is 2.03. The highest BCUT2D eigenvalue weighted by Crippen LogP contribution is 2.35. The number of rotatable bonds is 6. The van der Waals surface area contributed by atoms with Crippen LogP contribution >= 0.6 is 18.5 Å². The number of nitriles is 1. The minimum Gasteiger partial charge on any atom is -0.455 e. The lowest BCUT2D eigenvalue weighted by molar-refractivity contribution is 0.0471. The lowest BCUT2D eigenvalue weighted by Crippen LogP contribution is -2.16. The Hall–Kier alpha value is -2.05. The molecular weight excluding hydrogens is 407 g/mol. The van der Waals surface area contributed by atoms with Gasteiger partial charge >= 0.3 is 0 Å². The Kier molecular flexibility index (Phi) is 5.97. The zero-order valence-corrected chi connectivity index (χ0v) is 19.2. The van der Waals surface area contributed by atoms with Gasteiger partial charge in [0.25, 0.3) is 5.60 Å². The first-order valence-corrected chi connectivity index (χ1v) is 10.2. The summed E-state index contributed by atoms with van der Waals surface area (Å²) < 4.78 is 26.5. The predicted molar refractivity (Wildman–Crippen MR) is 119 cm³/mol. The third-order valence-corrected chi connectivity index (χ3v) is 4.70. The molecule has 0 radical (unpaired) electrons. The van der Waals surface area contributed by atoms with Crippen LogP contribution in [0.5, 0.6) is 5.75 Å². The van der Waals surface area contributed by atoms with Crippen LogP contribution in [0, 0.1) is 11.3 Å².